The monoisotopic (exact) mass is 431 g/mol. The minimum atomic E-state index is -3.14. The Morgan fingerprint density at radius 2 is 1.67 bits per heavy atom. The molecule has 8 heteroatoms. The highest BCUT2D eigenvalue weighted by molar-refractivity contribution is 7.91. The molecule has 2 N–H and O–H groups in total. The van der Waals surface area contributed by atoms with Crippen molar-refractivity contribution in [1.29, 1.82) is 0 Å². The molecule has 2 atom stereocenters. The van der Waals surface area contributed by atoms with Gasteiger partial charge in [0.05, 0.1) is 17.5 Å². The van der Waals surface area contributed by atoms with Crippen LogP contribution in [0.25, 0.3) is 6.08 Å². The van der Waals surface area contributed by atoms with Crippen molar-refractivity contribution in [3.63, 3.8) is 0 Å². The minimum absolute atomic E-state index is 0.00144. The summed E-state index contributed by atoms with van der Waals surface area (Å²) >= 11 is 0. The molecule has 0 bridgehead atoms. The number of sulfone groups is 1. The minimum Gasteiger partial charge on any atom is -0.349 e. The van der Waals surface area contributed by atoms with Crippen LogP contribution in [0.15, 0.2) is 30.3 Å². The molecule has 2 saturated heterocycles. The molecule has 162 valence electrons. The summed E-state index contributed by atoms with van der Waals surface area (Å²) in [6.07, 6.45) is 8.52. The van der Waals surface area contributed by atoms with E-state index >= 15 is 0 Å². The van der Waals surface area contributed by atoms with E-state index in [2.05, 4.69) is 15.5 Å². The van der Waals surface area contributed by atoms with Gasteiger partial charge < -0.3 is 10.6 Å². The lowest BCUT2D eigenvalue weighted by atomic mass is 10.0. The van der Waals surface area contributed by atoms with Gasteiger partial charge in [-0.3, -0.25) is 14.5 Å². The van der Waals surface area contributed by atoms with E-state index < -0.39 is 9.84 Å². The van der Waals surface area contributed by atoms with Gasteiger partial charge in [-0.25, -0.2) is 8.42 Å². The Hall–Kier alpha value is -2.19. The maximum Gasteiger partial charge on any atom is 0.251 e. The normalized spacial score (nSPS) is 26.5. The van der Waals surface area contributed by atoms with Crippen molar-refractivity contribution in [1.82, 2.24) is 15.5 Å². The number of rotatable bonds is 6. The first kappa shape index (κ1) is 21.1. The zero-order valence-electron chi connectivity index (χ0n) is 17.0. The molecule has 4 rings (SSSR count). The van der Waals surface area contributed by atoms with E-state index in [1.807, 2.05) is 0 Å². The largest absolute Gasteiger partial charge is 0.349 e. The van der Waals surface area contributed by atoms with E-state index in [1.165, 1.54) is 12.5 Å². The predicted octanol–water partition coefficient (Wildman–Crippen LogP) is 1.36. The van der Waals surface area contributed by atoms with Gasteiger partial charge in [0, 0.05) is 23.7 Å². The zero-order chi connectivity index (χ0) is 21.1. The fourth-order valence-electron chi connectivity index (χ4n) is 4.22. The van der Waals surface area contributed by atoms with Gasteiger partial charge >= 0.3 is 0 Å². The molecule has 0 radical (unpaired) electrons. The van der Waals surface area contributed by atoms with Crippen molar-refractivity contribution in [3.05, 3.63) is 41.5 Å². The van der Waals surface area contributed by atoms with Crippen LogP contribution in [0.4, 0.5) is 0 Å². The fraction of sp³-hybridized carbons (Fsp3) is 0.545. The Kier molecular flexibility index (Phi) is 6.24. The Labute approximate surface area is 177 Å². The number of nitrogens with one attached hydrogen (secondary N) is 2. The van der Waals surface area contributed by atoms with Gasteiger partial charge in [-0.15, -0.1) is 0 Å². The molecule has 2 aliphatic heterocycles. The first-order chi connectivity index (χ1) is 14.4. The molecule has 0 aromatic heterocycles. The summed E-state index contributed by atoms with van der Waals surface area (Å²) in [4.78, 5) is 26.7. The average Bonchev–Trinajstić information content (AvgIpc) is 3.49. The topological polar surface area (TPSA) is 95.6 Å². The van der Waals surface area contributed by atoms with Gasteiger partial charge in [-0.2, -0.15) is 0 Å². The SMILES string of the molecule is O=C(/C=C/c1ccc(C(=O)NC2CC2)cc1)NC1CS(=O)(=O)CC1N1CCCCC1. The molecule has 3 aliphatic rings. The molecular formula is C22H29N3O4S. The summed E-state index contributed by atoms with van der Waals surface area (Å²) in [5.74, 6) is -0.253. The van der Waals surface area contributed by atoms with E-state index in [1.54, 1.807) is 30.3 Å². The maximum absolute atomic E-state index is 12.4. The maximum atomic E-state index is 12.4. The van der Waals surface area contributed by atoms with Crippen LogP contribution in [0.1, 0.15) is 48.0 Å². The van der Waals surface area contributed by atoms with Crippen LogP contribution in [0, 0.1) is 0 Å². The number of nitrogens with zero attached hydrogens (tertiary/aromatic N) is 1. The second-order valence-corrected chi connectivity index (χ2v) is 10.7. The second kappa shape index (κ2) is 8.89. The first-order valence-electron chi connectivity index (χ1n) is 10.7. The van der Waals surface area contributed by atoms with Gasteiger partial charge in [-0.05, 0) is 62.5 Å². The summed E-state index contributed by atoms with van der Waals surface area (Å²) in [5.41, 5.74) is 1.41. The second-order valence-electron chi connectivity index (χ2n) is 8.56. The number of benzene rings is 1. The summed E-state index contributed by atoms with van der Waals surface area (Å²) in [6.45, 7) is 1.78. The third-order valence-electron chi connectivity index (χ3n) is 6.02. The molecule has 7 nitrogen and oxygen atoms in total. The predicted molar refractivity (Wildman–Crippen MR) is 116 cm³/mol. The highest BCUT2D eigenvalue weighted by Crippen LogP contribution is 2.22. The smallest absolute Gasteiger partial charge is 0.251 e. The Bertz CT molecular complexity index is 916. The van der Waals surface area contributed by atoms with Crippen LogP contribution in [0.5, 0.6) is 0 Å². The highest BCUT2D eigenvalue weighted by Gasteiger charge is 2.41. The number of hydrogen-bond acceptors (Lipinski definition) is 5. The third kappa shape index (κ3) is 5.49. The molecule has 3 fully saturated rings. The van der Waals surface area contributed by atoms with Crippen molar-refractivity contribution < 1.29 is 18.0 Å². The zero-order valence-corrected chi connectivity index (χ0v) is 17.9. The van der Waals surface area contributed by atoms with Gasteiger partial charge in [0.2, 0.25) is 5.91 Å². The number of hydrogen-bond donors (Lipinski definition) is 2. The number of carbonyl (C=O) groups is 2. The van der Waals surface area contributed by atoms with Crippen LogP contribution >= 0.6 is 0 Å². The standard InChI is InChI=1S/C22H29N3O4S/c26-21(11-6-16-4-7-17(8-5-16)22(27)23-18-9-10-18)24-19-14-30(28,29)15-20(19)25-12-2-1-3-13-25/h4-8,11,18-20H,1-3,9-10,12-15H2,(H,23,27)(H,24,26)/b11-6+. The lowest BCUT2D eigenvalue weighted by molar-refractivity contribution is -0.117. The van der Waals surface area contributed by atoms with E-state index in [4.69, 9.17) is 0 Å². The molecule has 30 heavy (non-hydrogen) atoms. The lowest BCUT2D eigenvalue weighted by Crippen LogP contribution is -2.52. The first-order valence-corrected chi connectivity index (χ1v) is 12.6. The van der Waals surface area contributed by atoms with E-state index in [9.17, 15) is 18.0 Å². The summed E-state index contributed by atoms with van der Waals surface area (Å²) in [6, 6.07) is 6.87. The Morgan fingerprint density at radius 1 is 0.967 bits per heavy atom. The number of amides is 2. The number of piperidine rings is 1. The van der Waals surface area contributed by atoms with Crippen molar-refractivity contribution in [3.8, 4) is 0 Å². The average molecular weight is 432 g/mol. The molecule has 2 unspecified atom stereocenters. The summed E-state index contributed by atoms with van der Waals surface area (Å²) < 4.78 is 24.4. The third-order valence-corrected chi connectivity index (χ3v) is 7.74. The summed E-state index contributed by atoms with van der Waals surface area (Å²) in [5, 5.41) is 5.84. The van der Waals surface area contributed by atoms with Crippen molar-refractivity contribution in [2.75, 3.05) is 24.6 Å². The Balaban J connectivity index is 1.34. The van der Waals surface area contributed by atoms with Gasteiger partial charge in [0.25, 0.3) is 5.91 Å². The number of likely N-dealkylation sites (tertiary alicyclic amines) is 1. The molecule has 2 heterocycles. The van der Waals surface area contributed by atoms with Crippen molar-refractivity contribution in [2.45, 2.75) is 50.2 Å². The molecule has 1 aromatic rings. The van der Waals surface area contributed by atoms with Gasteiger partial charge in [0.15, 0.2) is 9.84 Å². The van der Waals surface area contributed by atoms with Crippen molar-refractivity contribution >= 4 is 27.7 Å². The molecule has 1 saturated carbocycles. The van der Waals surface area contributed by atoms with Crippen molar-refractivity contribution in [2.24, 2.45) is 0 Å². The quantitative estimate of drug-likeness (QED) is 0.663. The number of carbonyl (C=O) groups excluding carboxylic acids is 2. The van der Waals surface area contributed by atoms with Crippen LogP contribution in [-0.2, 0) is 14.6 Å². The molecule has 1 aliphatic carbocycles. The van der Waals surface area contributed by atoms with Crippen LogP contribution in [0.2, 0.25) is 0 Å². The van der Waals surface area contributed by atoms with Crippen LogP contribution in [0.3, 0.4) is 0 Å². The van der Waals surface area contributed by atoms with Gasteiger partial charge in [-0.1, -0.05) is 18.6 Å². The molecular weight excluding hydrogens is 402 g/mol. The highest BCUT2D eigenvalue weighted by atomic mass is 32.2. The van der Waals surface area contributed by atoms with Gasteiger partial charge in [0.1, 0.15) is 0 Å². The van der Waals surface area contributed by atoms with E-state index in [0.29, 0.717) is 11.6 Å². The lowest BCUT2D eigenvalue weighted by Gasteiger charge is -2.34. The van der Waals surface area contributed by atoms with E-state index in [-0.39, 0.29) is 35.4 Å². The molecule has 2 amide bonds. The summed E-state index contributed by atoms with van der Waals surface area (Å²) in [7, 11) is -3.14. The van der Waals surface area contributed by atoms with Crippen LogP contribution < -0.4 is 10.6 Å². The van der Waals surface area contributed by atoms with Crippen LogP contribution in [-0.4, -0.2) is 67.9 Å². The Morgan fingerprint density at radius 3 is 2.33 bits per heavy atom. The van der Waals surface area contributed by atoms with E-state index in [0.717, 1.165) is 44.3 Å². The molecule has 1 aromatic carbocycles. The molecule has 0 spiro atoms. The fourth-order valence-corrected chi connectivity index (χ4v) is 6.17.